The minimum atomic E-state index is 0.229. The van der Waals surface area contributed by atoms with Crippen LogP contribution in [-0.4, -0.2) is 25.0 Å². The molecule has 1 atom stereocenters. The van der Waals surface area contributed by atoms with E-state index in [9.17, 15) is 4.79 Å². The summed E-state index contributed by atoms with van der Waals surface area (Å²) in [5.41, 5.74) is 0.374. The van der Waals surface area contributed by atoms with Crippen LogP contribution < -0.4 is 10.6 Å². The summed E-state index contributed by atoms with van der Waals surface area (Å²) >= 11 is 0. The van der Waals surface area contributed by atoms with Gasteiger partial charge < -0.3 is 10.6 Å². The topological polar surface area (TPSA) is 41.1 Å². The first-order chi connectivity index (χ1) is 7.68. The maximum Gasteiger partial charge on any atom is 0.221 e. The predicted octanol–water partition coefficient (Wildman–Crippen LogP) is 1.82. The Labute approximate surface area is 98.4 Å². The van der Waals surface area contributed by atoms with Crippen molar-refractivity contribution in [2.75, 3.05) is 13.1 Å². The standard InChI is InChI=1S/C13H24N2O/c1-13(6-2-3-7-13)10-15-12(16)9-11-5-4-8-14-11/h11,14H,2-10H2,1H3,(H,15,16). The van der Waals surface area contributed by atoms with Crippen LogP contribution in [0.25, 0.3) is 0 Å². The second-order valence-electron chi connectivity index (χ2n) is 5.79. The molecule has 1 aliphatic heterocycles. The van der Waals surface area contributed by atoms with Gasteiger partial charge in [-0.3, -0.25) is 4.79 Å². The van der Waals surface area contributed by atoms with Gasteiger partial charge in [-0.2, -0.15) is 0 Å². The fourth-order valence-electron chi connectivity index (χ4n) is 2.94. The molecule has 0 aromatic carbocycles. The van der Waals surface area contributed by atoms with Crippen molar-refractivity contribution in [2.24, 2.45) is 5.41 Å². The second-order valence-corrected chi connectivity index (χ2v) is 5.79. The number of amides is 1. The normalized spacial score (nSPS) is 28.2. The van der Waals surface area contributed by atoms with E-state index in [1.807, 2.05) is 0 Å². The van der Waals surface area contributed by atoms with Crippen molar-refractivity contribution in [1.82, 2.24) is 10.6 Å². The smallest absolute Gasteiger partial charge is 0.221 e. The molecule has 16 heavy (non-hydrogen) atoms. The van der Waals surface area contributed by atoms with Crippen LogP contribution in [0.5, 0.6) is 0 Å². The first kappa shape index (κ1) is 11.9. The third-order valence-corrected chi connectivity index (χ3v) is 4.12. The number of carbonyl (C=O) groups excluding carboxylic acids is 1. The van der Waals surface area contributed by atoms with E-state index in [1.54, 1.807) is 0 Å². The molecule has 2 aliphatic rings. The molecule has 0 radical (unpaired) electrons. The molecule has 1 saturated carbocycles. The highest BCUT2D eigenvalue weighted by molar-refractivity contribution is 5.76. The van der Waals surface area contributed by atoms with Crippen molar-refractivity contribution in [1.29, 1.82) is 0 Å². The van der Waals surface area contributed by atoms with E-state index in [2.05, 4.69) is 17.6 Å². The van der Waals surface area contributed by atoms with Crippen LogP contribution in [0.3, 0.4) is 0 Å². The van der Waals surface area contributed by atoms with Crippen molar-refractivity contribution < 1.29 is 4.79 Å². The fraction of sp³-hybridized carbons (Fsp3) is 0.923. The quantitative estimate of drug-likeness (QED) is 0.765. The van der Waals surface area contributed by atoms with Crippen LogP contribution in [0.4, 0.5) is 0 Å². The average molecular weight is 224 g/mol. The highest BCUT2D eigenvalue weighted by atomic mass is 16.1. The van der Waals surface area contributed by atoms with E-state index >= 15 is 0 Å². The maximum atomic E-state index is 11.7. The lowest BCUT2D eigenvalue weighted by molar-refractivity contribution is -0.122. The Morgan fingerprint density at radius 2 is 2.12 bits per heavy atom. The van der Waals surface area contributed by atoms with Gasteiger partial charge in [-0.15, -0.1) is 0 Å². The summed E-state index contributed by atoms with van der Waals surface area (Å²) in [6, 6.07) is 0.427. The molecule has 2 rings (SSSR count). The molecule has 0 spiro atoms. The molecule has 1 aliphatic carbocycles. The molecule has 1 unspecified atom stereocenters. The molecule has 0 aromatic rings. The molecule has 0 aromatic heterocycles. The Hall–Kier alpha value is -0.570. The molecular weight excluding hydrogens is 200 g/mol. The van der Waals surface area contributed by atoms with Crippen molar-refractivity contribution in [3.05, 3.63) is 0 Å². The molecule has 1 saturated heterocycles. The highest BCUT2D eigenvalue weighted by Gasteiger charge is 2.29. The molecule has 2 fully saturated rings. The van der Waals surface area contributed by atoms with Gasteiger partial charge in [-0.25, -0.2) is 0 Å². The van der Waals surface area contributed by atoms with Crippen LogP contribution in [0.1, 0.15) is 51.9 Å². The molecule has 3 heteroatoms. The van der Waals surface area contributed by atoms with Crippen molar-refractivity contribution in [3.63, 3.8) is 0 Å². The van der Waals surface area contributed by atoms with E-state index in [0.717, 1.165) is 19.5 Å². The number of hydrogen-bond donors (Lipinski definition) is 2. The lowest BCUT2D eigenvalue weighted by Crippen LogP contribution is -2.37. The molecule has 1 heterocycles. The first-order valence-corrected chi connectivity index (χ1v) is 6.68. The summed E-state index contributed by atoms with van der Waals surface area (Å²) in [7, 11) is 0. The van der Waals surface area contributed by atoms with Crippen molar-refractivity contribution >= 4 is 5.91 Å². The van der Waals surface area contributed by atoms with Crippen LogP contribution in [0.15, 0.2) is 0 Å². The SMILES string of the molecule is CC1(CNC(=O)CC2CCCN2)CCCC1. The van der Waals surface area contributed by atoms with Gasteiger partial charge in [0.2, 0.25) is 5.91 Å². The lowest BCUT2D eigenvalue weighted by Gasteiger charge is -2.24. The number of hydrogen-bond acceptors (Lipinski definition) is 2. The molecule has 3 nitrogen and oxygen atoms in total. The largest absolute Gasteiger partial charge is 0.356 e. The van der Waals surface area contributed by atoms with Crippen LogP contribution >= 0.6 is 0 Å². The highest BCUT2D eigenvalue weighted by Crippen LogP contribution is 2.36. The monoisotopic (exact) mass is 224 g/mol. The second kappa shape index (κ2) is 5.17. The average Bonchev–Trinajstić information content (AvgIpc) is 2.88. The zero-order valence-electron chi connectivity index (χ0n) is 10.3. The summed E-state index contributed by atoms with van der Waals surface area (Å²) in [6.07, 6.45) is 8.24. The van der Waals surface area contributed by atoms with E-state index in [0.29, 0.717) is 17.9 Å². The Bertz CT molecular complexity index is 240. The van der Waals surface area contributed by atoms with Gasteiger partial charge in [0.15, 0.2) is 0 Å². The maximum absolute atomic E-state index is 11.7. The summed E-state index contributed by atoms with van der Waals surface area (Å²) in [5, 5.41) is 6.48. The van der Waals surface area contributed by atoms with Crippen LogP contribution in [0, 0.1) is 5.41 Å². The van der Waals surface area contributed by atoms with E-state index in [1.165, 1.54) is 32.1 Å². The zero-order valence-corrected chi connectivity index (χ0v) is 10.3. The third kappa shape index (κ3) is 3.21. The predicted molar refractivity (Wildman–Crippen MR) is 65.2 cm³/mol. The fourth-order valence-corrected chi connectivity index (χ4v) is 2.94. The molecular formula is C13H24N2O. The van der Waals surface area contributed by atoms with Crippen molar-refractivity contribution in [2.45, 2.75) is 57.9 Å². The minimum absolute atomic E-state index is 0.229. The zero-order chi connectivity index (χ0) is 11.4. The van der Waals surface area contributed by atoms with Gasteiger partial charge in [0, 0.05) is 19.0 Å². The Kier molecular flexibility index (Phi) is 3.85. The Morgan fingerprint density at radius 1 is 1.38 bits per heavy atom. The third-order valence-electron chi connectivity index (χ3n) is 4.12. The first-order valence-electron chi connectivity index (χ1n) is 6.68. The minimum Gasteiger partial charge on any atom is -0.356 e. The summed E-state index contributed by atoms with van der Waals surface area (Å²) in [6.45, 7) is 4.25. The number of rotatable bonds is 4. The van der Waals surface area contributed by atoms with E-state index < -0.39 is 0 Å². The Balaban J connectivity index is 1.66. The van der Waals surface area contributed by atoms with Gasteiger partial charge in [0.1, 0.15) is 0 Å². The number of carbonyl (C=O) groups is 1. The van der Waals surface area contributed by atoms with Gasteiger partial charge in [0.05, 0.1) is 0 Å². The molecule has 0 bridgehead atoms. The molecule has 92 valence electrons. The van der Waals surface area contributed by atoms with E-state index in [-0.39, 0.29) is 5.91 Å². The van der Waals surface area contributed by atoms with Gasteiger partial charge in [0.25, 0.3) is 0 Å². The van der Waals surface area contributed by atoms with Gasteiger partial charge in [-0.1, -0.05) is 19.8 Å². The van der Waals surface area contributed by atoms with Crippen LogP contribution in [-0.2, 0) is 4.79 Å². The van der Waals surface area contributed by atoms with Crippen molar-refractivity contribution in [3.8, 4) is 0 Å². The lowest BCUT2D eigenvalue weighted by atomic mass is 9.89. The van der Waals surface area contributed by atoms with Crippen LogP contribution in [0.2, 0.25) is 0 Å². The summed E-state index contributed by atoms with van der Waals surface area (Å²) in [4.78, 5) is 11.7. The summed E-state index contributed by atoms with van der Waals surface area (Å²) in [5.74, 6) is 0.229. The van der Waals surface area contributed by atoms with Gasteiger partial charge in [-0.05, 0) is 37.6 Å². The molecule has 2 N–H and O–H groups in total. The van der Waals surface area contributed by atoms with E-state index in [4.69, 9.17) is 0 Å². The summed E-state index contributed by atoms with van der Waals surface area (Å²) < 4.78 is 0. The molecule has 1 amide bonds. The van der Waals surface area contributed by atoms with Gasteiger partial charge >= 0.3 is 0 Å². The number of nitrogens with one attached hydrogen (secondary N) is 2. The Morgan fingerprint density at radius 3 is 2.75 bits per heavy atom.